The van der Waals surface area contributed by atoms with Crippen LogP contribution >= 0.6 is 11.6 Å². The first kappa shape index (κ1) is 29.9. The Hall–Kier alpha value is -6.15. The predicted octanol–water partition coefficient (Wildman–Crippen LogP) is 5.17. The van der Waals surface area contributed by atoms with Crippen molar-refractivity contribution in [2.45, 2.75) is 0 Å². The first-order valence-electron chi connectivity index (χ1n) is 13.5. The lowest BCUT2D eigenvalue weighted by Gasteiger charge is -2.14. The maximum Gasteiger partial charge on any atom is 0.425 e. The number of benzene rings is 3. The van der Waals surface area contributed by atoms with Gasteiger partial charge < -0.3 is 28.4 Å². The standard InChI is InChI=1S/C20H18N4O5.C11H6ClN3O2/c1-26-15-10-12(11-16(27-2)18(15)28-3)22-19-21-9-8-17(23-19)24-13-6-4-5-7-14(13)29-20(24)25;12-10-13-6-5-9(14-10)15-7-3-1-2-4-8(7)17-11(15)16/h4-11H,1-3H3,(H,21,22,23);1-6H. The Labute approximate surface area is 264 Å². The van der Waals surface area contributed by atoms with Crippen molar-refractivity contribution in [1.82, 2.24) is 29.1 Å². The summed E-state index contributed by atoms with van der Waals surface area (Å²) in [6, 6.07) is 20.9. The smallest absolute Gasteiger partial charge is 0.425 e. The van der Waals surface area contributed by atoms with Crippen molar-refractivity contribution < 1.29 is 23.0 Å². The van der Waals surface area contributed by atoms with Gasteiger partial charge in [-0.1, -0.05) is 24.3 Å². The topological polar surface area (TPSA) is 162 Å². The number of nitrogens with one attached hydrogen (secondary N) is 1. The Kier molecular flexibility index (Phi) is 8.34. The number of oxazole rings is 2. The summed E-state index contributed by atoms with van der Waals surface area (Å²) in [6.07, 6.45) is 3.04. The minimum absolute atomic E-state index is 0.0830. The lowest BCUT2D eigenvalue weighted by molar-refractivity contribution is 0.324. The minimum Gasteiger partial charge on any atom is -0.493 e. The summed E-state index contributed by atoms with van der Waals surface area (Å²) in [5, 5.41) is 3.17. The van der Waals surface area contributed by atoms with E-state index >= 15 is 0 Å². The van der Waals surface area contributed by atoms with Crippen LogP contribution in [0.4, 0.5) is 11.6 Å². The van der Waals surface area contributed by atoms with Crippen molar-refractivity contribution in [1.29, 1.82) is 0 Å². The Morgan fingerprint density at radius 3 is 1.74 bits per heavy atom. The molecule has 0 spiro atoms. The van der Waals surface area contributed by atoms with Gasteiger partial charge in [-0.2, -0.15) is 9.97 Å². The summed E-state index contributed by atoms with van der Waals surface area (Å²) in [5.74, 6) is 1.49. The molecule has 0 aliphatic heterocycles. The van der Waals surface area contributed by atoms with Crippen LogP contribution in [0.25, 0.3) is 33.8 Å². The van der Waals surface area contributed by atoms with Crippen LogP contribution in [0.1, 0.15) is 0 Å². The molecule has 4 aromatic heterocycles. The molecule has 7 aromatic rings. The average molecular weight is 642 g/mol. The maximum absolute atomic E-state index is 12.3. The number of hydrogen-bond donors (Lipinski definition) is 1. The molecule has 4 heterocycles. The van der Waals surface area contributed by atoms with E-state index in [1.165, 1.54) is 36.7 Å². The average Bonchev–Trinajstić information content (AvgIpc) is 3.59. The SMILES string of the molecule is COc1cc(Nc2nccc(-n3c(=O)oc4ccccc43)n2)cc(OC)c1OC.O=c1oc2ccccc2n1-c1ccnc(Cl)n1. The predicted molar refractivity (Wildman–Crippen MR) is 169 cm³/mol. The molecule has 0 fully saturated rings. The molecular formula is C31H24ClN7O7. The van der Waals surface area contributed by atoms with Gasteiger partial charge in [0.15, 0.2) is 22.7 Å². The van der Waals surface area contributed by atoms with Gasteiger partial charge in [0.1, 0.15) is 11.6 Å². The Morgan fingerprint density at radius 2 is 1.22 bits per heavy atom. The van der Waals surface area contributed by atoms with Crippen LogP contribution in [0.3, 0.4) is 0 Å². The van der Waals surface area contributed by atoms with Gasteiger partial charge in [0.25, 0.3) is 0 Å². The lowest BCUT2D eigenvalue weighted by atomic mass is 10.2. The second-order valence-electron chi connectivity index (χ2n) is 9.30. The van der Waals surface area contributed by atoms with Gasteiger partial charge in [-0.25, -0.2) is 28.7 Å². The van der Waals surface area contributed by atoms with Crippen molar-refractivity contribution in [3.05, 3.63) is 112 Å². The van der Waals surface area contributed by atoms with E-state index in [9.17, 15) is 9.59 Å². The fraction of sp³-hybridized carbons (Fsp3) is 0.0968. The molecule has 7 rings (SSSR count). The van der Waals surface area contributed by atoms with Crippen LogP contribution in [-0.4, -0.2) is 50.4 Å². The van der Waals surface area contributed by atoms with Gasteiger partial charge in [-0.05, 0) is 35.9 Å². The van der Waals surface area contributed by atoms with E-state index in [2.05, 4.69) is 25.3 Å². The molecule has 0 amide bonds. The number of fused-ring (bicyclic) bond motifs is 2. The first-order valence-corrected chi connectivity index (χ1v) is 13.9. The first-order chi connectivity index (χ1) is 22.4. The van der Waals surface area contributed by atoms with Gasteiger partial charge in [0.05, 0.1) is 32.4 Å². The molecule has 15 heteroatoms. The number of nitrogens with zero attached hydrogens (tertiary/aromatic N) is 6. The van der Waals surface area contributed by atoms with Crippen LogP contribution < -0.4 is 31.0 Å². The number of hydrogen-bond acceptors (Lipinski definition) is 12. The molecule has 0 saturated carbocycles. The molecule has 14 nitrogen and oxygen atoms in total. The van der Waals surface area contributed by atoms with Crippen LogP contribution in [0.15, 0.2) is 104 Å². The number of ether oxygens (including phenoxy) is 3. The Bertz CT molecular complexity index is 2270. The maximum atomic E-state index is 12.3. The Balaban J connectivity index is 0.000000185. The van der Waals surface area contributed by atoms with Gasteiger partial charge in [-0.15, -0.1) is 0 Å². The van der Waals surface area contributed by atoms with Gasteiger partial charge in [0, 0.05) is 42.3 Å². The van der Waals surface area contributed by atoms with Crippen molar-refractivity contribution in [3.8, 4) is 28.9 Å². The third-order valence-electron chi connectivity index (χ3n) is 6.60. The molecular weight excluding hydrogens is 618 g/mol. The summed E-state index contributed by atoms with van der Waals surface area (Å²) in [7, 11) is 4.61. The fourth-order valence-electron chi connectivity index (χ4n) is 4.63. The van der Waals surface area contributed by atoms with Crippen LogP contribution in [0.5, 0.6) is 17.2 Å². The molecule has 0 saturated heterocycles. The number of halogens is 1. The summed E-state index contributed by atoms with van der Waals surface area (Å²) in [4.78, 5) is 40.5. The normalized spacial score (nSPS) is 10.8. The van der Waals surface area contributed by atoms with E-state index in [4.69, 9.17) is 34.6 Å². The largest absolute Gasteiger partial charge is 0.493 e. The zero-order chi connectivity index (χ0) is 32.2. The molecule has 0 bridgehead atoms. The molecule has 3 aromatic carbocycles. The number of aromatic nitrogens is 6. The minimum atomic E-state index is -0.524. The monoisotopic (exact) mass is 641 g/mol. The lowest BCUT2D eigenvalue weighted by Crippen LogP contribution is -2.14. The molecule has 0 aliphatic rings. The molecule has 0 radical (unpaired) electrons. The summed E-state index contributed by atoms with van der Waals surface area (Å²) < 4.78 is 29.2. The summed E-state index contributed by atoms with van der Waals surface area (Å²) in [6.45, 7) is 0. The molecule has 232 valence electrons. The van der Waals surface area contributed by atoms with E-state index in [0.29, 0.717) is 56.8 Å². The highest BCUT2D eigenvalue weighted by Gasteiger charge is 2.16. The molecule has 0 atom stereocenters. The van der Waals surface area contributed by atoms with E-state index in [1.54, 1.807) is 66.9 Å². The van der Waals surface area contributed by atoms with Crippen LogP contribution in [0, 0.1) is 0 Å². The zero-order valence-electron chi connectivity index (χ0n) is 24.5. The molecule has 0 aliphatic carbocycles. The summed E-state index contributed by atoms with van der Waals surface area (Å²) in [5.41, 5.74) is 2.88. The van der Waals surface area contributed by atoms with E-state index in [1.807, 2.05) is 12.1 Å². The van der Waals surface area contributed by atoms with E-state index in [0.717, 1.165) is 0 Å². The van der Waals surface area contributed by atoms with Crippen molar-refractivity contribution in [3.63, 3.8) is 0 Å². The van der Waals surface area contributed by atoms with Crippen molar-refractivity contribution in [2.24, 2.45) is 0 Å². The third kappa shape index (κ3) is 5.84. The molecule has 0 unspecified atom stereocenters. The van der Waals surface area contributed by atoms with E-state index < -0.39 is 11.5 Å². The van der Waals surface area contributed by atoms with Crippen LogP contribution in [0.2, 0.25) is 5.28 Å². The second kappa shape index (κ2) is 12.8. The Morgan fingerprint density at radius 1 is 0.696 bits per heavy atom. The van der Waals surface area contributed by atoms with Crippen molar-refractivity contribution >= 4 is 45.4 Å². The molecule has 1 N–H and O–H groups in total. The number of anilines is 2. The van der Waals surface area contributed by atoms with Gasteiger partial charge >= 0.3 is 11.5 Å². The van der Waals surface area contributed by atoms with E-state index in [-0.39, 0.29) is 11.2 Å². The highest BCUT2D eigenvalue weighted by molar-refractivity contribution is 6.28. The second-order valence-corrected chi connectivity index (χ2v) is 9.64. The number of methoxy groups -OCH3 is 3. The van der Waals surface area contributed by atoms with Crippen molar-refractivity contribution in [2.75, 3.05) is 26.6 Å². The highest BCUT2D eigenvalue weighted by Crippen LogP contribution is 2.40. The number of para-hydroxylation sites is 4. The third-order valence-corrected chi connectivity index (χ3v) is 6.79. The number of rotatable bonds is 7. The quantitative estimate of drug-likeness (QED) is 0.228. The fourth-order valence-corrected chi connectivity index (χ4v) is 4.78. The summed E-state index contributed by atoms with van der Waals surface area (Å²) >= 11 is 5.70. The van der Waals surface area contributed by atoms with Gasteiger partial charge in [-0.3, -0.25) is 0 Å². The zero-order valence-corrected chi connectivity index (χ0v) is 25.3. The van der Waals surface area contributed by atoms with Gasteiger partial charge in [0.2, 0.25) is 17.0 Å². The highest BCUT2D eigenvalue weighted by atomic mass is 35.5. The molecule has 46 heavy (non-hydrogen) atoms. The van der Waals surface area contributed by atoms with Crippen LogP contribution in [-0.2, 0) is 0 Å².